The molecule has 1 saturated carbocycles. The lowest BCUT2D eigenvalue weighted by atomic mass is 9.99. The molecule has 0 radical (unpaired) electrons. The van der Waals surface area contributed by atoms with Crippen LogP contribution in [0.3, 0.4) is 0 Å². The van der Waals surface area contributed by atoms with Gasteiger partial charge in [0.25, 0.3) is 0 Å². The first-order chi connectivity index (χ1) is 10.7. The molecule has 1 aromatic rings. The van der Waals surface area contributed by atoms with Gasteiger partial charge in [0.1, 0.15) is 0 Å². The van der Waals surface area contributed by atoms with Crippen LogP contribution in [0, 0.1) is 5.92 Å². The topological polar surface area (TPSA) is 39.7 Å². The van der Waals surface area contributed by atoms with Gasteiger partial charge in [-0.2, -0.15) is 0 Å². The van der Waals surface area contributed by atoms with E-state index in [4.69, 9.17) is 0 Å². The molecule has 4 nitrogen and oxygen atoms in total. The number of nitrogens with zero attached hydrogens (tertiary/aromatic N) is 2. The Bertz CT molecular complexity index is 540. The summed E-state index contributed by atoms with van der Waals surface area (Å²) in [7, 11) is 1.85. The minimum absolute atomic E-state index is 0.503. The number of benzene rings is 1. The van der Waals surface area contributed by atoms with Crippen molar-refractivity contribution in [1.29, 1.82) is 0 Å². The molecule has 0 aromatic heterocycles. The number of fused-ring (bicyclic) bond motifs is 1. The molecular weight excluding hydrogens is 272 g/mol. The fourth-order valence-corrected chi connectivity index (χ4v) is 3.16. The Labute approximate surface area is 134 Å². The maximum Gasteiger partial charge on any atom is 0.191 e. The van der Waals surface area contributed by atoms with E-state index in [1.54, 1.807) is 0 Å². The van der Waals surface area contributed by atoms with Crippen LogP contribution >= 0.6 is 0 Å². The van der Waals surface area contributed by atoms with Crippen molar-refractivity contribution in [3.05, 3.63) is 35.4 Å². The first kappa shape index (κ1) is 15.3. The summed E-state index contributed by atoms with van der Waals surface area (Å²) in [4.78, 5) is 6.89. The highest BCUT2D eigenvalue weighted by Crippen LogP contribution is 2.28. The second-order valence-electron chi connectivity index (χ2n) is 6.76. The Balaban J connectivity index is 1.49. The van der Waals surface area contributed by atoms with Gasteiger partial charge in [0.15, 0.2) is 5.96 Å². The molecular formula is C18H28N4. The average Bonchev–Trinajstić information content (AvgIpc) is 3.25. The van der Waals surface area contributed by atoms with E-state index in [1.807, 2.05) is 7.05 Å². The SMILES string of the molecule is CN=C(NCC(C)N1CCc2ccccc2C1)NC1CC1C. The van der Waals surface area contributed by atoms with E-state index in [-0.39, 0.29) is 0 Å². The fourth-order valence-electron chi connectivity index (χ4n) is 3.16. The molecule has 0 spiro atoms. The zero-order valence-electron chi connectivity index (χ0n) is 14.0. The zero-order chi connectivity index (χ0) is 15.5. The first-order valence-corrected chi connectivity index (χ1v) is 8.45. The van der Waals surface area contributed by atoms with Crippen LogP contribution in [0.4, 0.5) is 0 Å². The summed E-state index contributed by atoms with van der Waals surface area (Å²) in [5, 5.41) is 6.96. The van der Waals surface area contributed by atoms with Crippen LogP contribution in [0.25, 0.3) is 0 Å². The molecule has 1 aliphatic carbocycles. The van der Waals surface area contributed by atoms with Crippen molar-refractivity contribution in [2.75, 3.05) is 20.1 Å². The van der Waals surface area contributed by atoms with Crippen molar-refractivity contribution < 1.29 is 0 Å². The summed E-state index contributed by atoms with van der Waals surface area (Å²) in [6.07, 6.45) is 2.42. The highest BCUT2D eigenvalue weighted by Gasteiger charge is 2.33. The van der Waals surface area contributed by atoms with Gasteiger partial charge in [-0.1, -0.05) is 31.2 Å². The first-order valence-electron chi connectivity index (χ1n) is 8.45. The molecule has 2 aliphatic rings. The Hall–Kier alpha value is -1.55. The quantitative estimate of drug-likeness (QED) is 0.660. The number of aliphatic imine (C=N–C) groups is 1. The molecule has 4 heteroatoms. The van der Waals surface area contributed by atoms with E-state index in [0.717, 1.165) is 37.9 Å². The minimum atomic E-state index is 0.503. The van der Waals surface area contributed by atoms with Gasteiger partial charge in [-0.05, 0) is 36.8 Å². The average molecular weight is 300 g/mol. The molecule has 3 atom stereocenters. The highest BCUT2D eigenvalue weighted by atomic mass is 15.2. The number of hydrogen-bond donors (Lipinski definition) is 2. The second-order valence-corrected chi connectivity index (χ2v) is 6.76. The van der Waals surface area contributed by atoms with Crippen molar-refractivity contribution in [2.24, 2.45) is 10.9 Å². The molecule has 1 heterocycles. The molecule has 0 saturated heterocycles. The van der Waals surface area contributed by atoms with Gasteiger partial charge in [0, 0.05) is 38.8 Å². The Morgan fingerprint density at radius 3 is 2.77 bits per heavy atom. The highest BCUT2D eigenvalue weighted by molar-refractivity contribution is 5.80. The number of nitrogens with one attached hydrogen (secondary N) is 2. The molecule has 3 unspecified atom stereocenters. The van der Waals surface area contributed by atoms with E-state index >= 15 is 0 Å². The van der Waals surface area contributed by atoms with Crippen LogP contribution in [0.15, 0.2) is 29.3 Å². The third-order valence-electron chi connectivity index (χ3n) is 5.00. The molecule has 1 fully saturated rings. The van der Waals surface area contributed by atoms with Gasteiger partial charge in [-0.25, -0.2) is 0 Å². The third kappa shape index (κ3) is 3.61. The van der Waals surface area contributed by atoms with Gasteiger partial charge < -0.3 is 10.6 Å². The Morgan fingerprint density at radius 2 is 2.09 bits per heavy atom. The van der Waals surface area contributed by atoms with Crippen molar-refractivity contribution in [3.8, 4) is 0 Å². The molecule has 3 rings (SSSR count). The lowest BCUT2D eigenvalue weighted by Crippen LogP contribution is -2.47. The summed E-state index contributed by atoms with van der Waals surface area (Å²) in [5.74, 6) is 1.73. The van der Waals surface area contributed by atoms with Crippen LogP contribution in [0.1, 0.15) is 31.4 Å². The lowest BCUT2D eigenvalue weighted by molar-refractivity contribution is 0.191. The van der Waals surface area contributed by atoms with E-state index in [2.05, 4.69) is 58.6 Å². The predicted molar refractivity (Wildman–Crippen MR) is 92.1 cm³/mol. The van der Waals surface area contributed by atoms with E-state index < -0.39 is 0 Å². The largest absolute Gasteiger partial charge is 0.355 e. The molecule has 0 amide bonds. The van der Waals surface area contributed by atoms with Gasteiger partial charge in [-0.3, -0.25) is 9.89 Å². The monoisotopic (exact) mass is 300 g/mol. The third-order valence-corrected chi connectivity index (χ3v) is 5.00. The van der Waals surface area contributed by atoms with Gasteiger partial charge in [0.2, 0.25) is 0 Å². The van der Waals surface area contributed by atoms with Crippen molar-refractivity contribution in [2.45, 2.75) is 45.3 Å². The van der Waals surface area contributed by atoms with E-state index in [0.29, 0.717) is 12.1 Å². The van der Waals surface area contributed by atoms with Crippen LogP contribution in [0.5, 0.6) is 0 Å². The van der Waals surface area contributed by atoms with Crippen LogP contribution < -0.4 is 10.6 Å². The molecule has 2 N–H and O–H groups in total. The normalized spacial score (nSPS) is 26.2. The number of guanidine groups is 1. The molecule has 120 valence electrons. The number of hydrogen-bond acceptors (Lipinski definition) is 2. The standard InChI is InChI=1S/C18H28N4/c1-13-10-17(13)21-18(19-3)20-11-14(2)22-9-8-15-6-4-5-7-16(15)12-22/h4-7,13-14,17H,8-12H2,1-3H3,(H2,19,20,21). The summed E-state index contributed by atoms with van der Waals surface area (Å²) in [6.45, 7) is 7.71. The van der Waals surface area contributed by atoms with Crippen LogP contribution in [0.2, 0.25) is 0 Å². The molecule has 22 heavy (non-hydrogen) atoms. The minimum Gasteiger partial charge on any atom is -0.355 e. The fraction of sp³-hybridized carbons (Fsp3) is 0.611. The maximum absolute atomic E-state index is 4.33. The van der Waals surface area contributed by atoms with E-state index in [1.165, 1.54) is 17.5 Å². The maximum atomic E-state index is 4.33. The zero-order valence-corrected chi connectivity index (χ0v) is 14.0. The summed E-state index contributed by atoms with van der Waals surface area (Å²) >= 11 is 0. The predicted octanol–water partition coefficient (Wildman–Crippen LogP) is 2.01. The van der Waals surface area contributed by atoms with Gasteiger partial charge in [0.05, 0.1) is 0 Å². The Kier molecular flexibility index (Phi) is 4.67. The van der Waals surface area contributed by atoms with Crippen molar-refractivity contribution in [1.82, 2.24) is 15.5 Å². The molecule has 1 aliphatic heterocycles. The van der Waals surface area contributed by atoms with Crippen molar-refractivity contribution in [3.63, 3.8) is 0 Å². The summed E-state index contributed by atoms with van der Waals surface area (Å²) < 4.78 is 0. The molecule has 0 bridgehead atoms. The Morgan fingerprint density at radius 1 is 1.36 bits per heavy atom. The summed E-state index contributed by atoms with van der Waals surface area (Å²) in [6, 6.07) is 9.93. The van der Waals surface area contributed by atoms with Gasteiger partial charge >= 0.3 is 0 Å². The van der Waals surface area contributed by atoms with Crippen molar-refractivity contribution >= 4 is 5.96 Å². The summed E-state index contributed by atoms with van der Waals surface area (Å²) in [5.41, 5.74) is 2.99. The van der Waals surface area contributed by atoms with E-state index in [9.17, 15) is 0 Å². The van der Waals surface area contributed by atoms with Crippen LogP contribution in [-0.2, 0) is 13.0 Å². The smallest absolute Gasteiger partial charge is 0.191 e. The molecule has 1 aromatic carbocycles. The second kappa shape index (κ2) is 6.69. The lowest BCUT2D eigenvalue weighted by Gasteiger charge is -2.34. The van der Waals surface area contributed by atoms with Gasteiger partial charge in [-0.15, -0.1) is 0 Å². The van der Waals surface area contributed by atoms with Crippen LogP contribution in [-0.4, -0.2) is 43.1 Å². The number of rotatable bonds is 4.